The highest BCUT2D eigenvalue weighted by Gasteiger charge is 2.08. The Morgan fingerprint density at radius 1 is 1.42 bits per heavy atom. The summed E-state index contributed by atoms with van der Waals surface area (Å²) in [5.74, 6) is 0.812. The van der Waals surface area contributed by atoms with Gasteiger partial charge < -0.3 is 14.8 Å². The van der Waals surface area contributed by atoms with Crippen molar-refractivity contribution in [1.29, 1.82) is 0 Å². The van der Waals surface area contributed by atoms with E-state index in [-0.39, 0.29) is 0 Å². The maximum Gasteiger partial charge on any atom is 0.125 e. The summed E-state index contributed by atoms with van der Waals surface area (Å²) < 4.78 is 10.8. The van der Waals surface area contributed by atoms with Gasteiger partial charge in [-0.05, 0) is 24.1 Å². The van der Waals surface area contributed by atoms with Crippen LogP contribution in [0.25, 0.3) is 0 Å². The van der Waals surface area contributed by atoms with Crippen molar-refractivity contribution in [3.05, 3.63) is 40.9 Å². The normalized spacial score (nSPS) is 10.5. The number of hydrogen-bond acceptors (Lipinski definition) is 3. The van der Waals surface area contributed by atoms with Gasteiger partial charge in [-0.15, -0.1) is 0 Å². The highest BCUT2D eigenvalue weighted by atomic mass is 35.5. The van der Waals surface area contributed by atoms with Gasteiger partial charge in [0.2, 0.25) is 0 Å². The van der Waals surface area contributed by atoms with Crippen LogP contribution in [0, 0.1) is 0 Å². The fraction of sp³-hybridized carbons (Fsp3) is 0.467. The molecule has 0 fully saturated rings. The first-order valence-electron chi connectivity index (χ1n) is 6.45. The molecule has 0 aliphatic heterocycles. The Morgan fingerprint density at radius 2 is 2.21 bits per heavy atom. The molecule has 1 N–H and O–H groups in total. The number of benzene rings is 1. The molecule has 4 heteroatoms. The summed E-state index contributed by atoms with van der Waals surface area (Å²) in [7, 11) is 1.68. The zero-order chi connectivity index (χ0) is 14.1. The largest absolute Gasteiger partial charge is 0.489 e. The summed E-state index contributed by atoms with van der Waals surface area (Å²) in [5, 5.41) is 3.99. The van der Waals surface area contributed by atoms with E-state index in [1.54, 1.807) is 7.11 Å². The van der Waals surface area contributed by atoms with E-state index >= 15 is 0 Å². The predicted molar refractivity (Wildman–Crippen MR) is 80.0 cm³/mol. The van der Waals surface area contributed by atoms with Crippen molar-refractivity contribution in [2.75, 3.05) is 26.9 Å². The Balaban J connectivity index is 2.63. The average Bonchev–Trinajstić information content (AvgIpc) is 2.42. The van der Waals surface area contributed by atoms with Gasteiger partial charge in [0.15, 0.2) is 0 Å². The number of methoxy groups -OCH3 is 1. The lowest BCUT2D eigenvalue weighted by molar-refractivity contribution is 0.199. The van der Waals surface area contributed by atoms with Gasteiger partial charge in [0.05, 0.1) is 6.61 Å². The zero-order valence-corrected chi connectivity index (χ0v) is 12.4. The van der Waals surface area contributed by atoms with Crippen LogP contribution in [0.4, 0.5) is 0 Å². The number of nitrogens with one attached hydrogen (secondary N) is 1. The first kappa shape index (κ1) is 16.0. The summed E-state index contributed by atoms with van der Waals surface area (Å²) in [6.45, 7) is 8.65. The lowest BCUT2D eigenvalue weighted by Gasteiger charge is -2.14. The van der Waals surface area contributed by atoms with Gasteiger partial charge in [0.25, 0.3) is 0 Å². The van der Waals surface area contributed by atoms with Gasteiger partial charge in [0, 0.05) is 30.8 Å². The SMILES string of the molecule is C=C(CC)COc1cccc(Cl)c1CNCCOC. The molecular formula is C15H22ClNO2. The molecule has 0 heterocycles. The molecule has 1 rings (SSSR count). The fourth-order valence-corrected chi connectivity index (χ4v) is 1.75. The lowest BCUT2D eigenvalue weighted by atomic mass is 10.2. The first-order valence-corrected chi connectivity index (χ1v) is 6.83. The number of ether oxygens (including phenoxy) is 2. The third-order valence-corrected chi connectivity index (χ3v) is 3.15. The molecule has 106 valence electrons. The van der Waals surface area contributed by atoms with Crippen molar-refractivity contribution in [2.45, 2.75) is 19.9 Å². The van der Waals surface area contributed by atoms with Crippen LogP contribution >= 0.6 is 11.6 Å². The van der Waals surface area contributed by atoms with Crippen molar-refractivity contribution in [3.63, 3.8) is 0 Å². The van der Waals surface area contributed by atoms with Gasteiger partial charge in [-0.1, -0.05) is 31.2 Å². The molecule has 0 aromatic heterocycles. The third-order valence-electron chi connectivity index (χ3n) is 2.79. The Hall–Kier alpha value is -1.03. The molecule has 0 saturated heterocycles. The van der Waals surface area contributed by atoms with E-state index in [2.05, 4.69) is 18.8 Å². The van der Waals surface area contributed by atoms with Crippen LogP contribution < -0.4 is 10.1 Å². The predicted octanol–water partition coefficient (Wildman–Crippen LogP) is 3.42. The molecule has 1 aromatic rings. The van der Waals surface area contributed by atoms with E-state index in [0.717, 1.165) is 29.9 Å². The molecule has 0 amide bonds. The summed E-state index contributed by atoms with van der Waals surface area (Å²) in [6.07, 6.45) is 0.919. The van der Waals surface area contributed by atoms with Crippen LogP contribution in [0.5, 0.6) is 5.75 Å². The molecule has 1 aromatic carbocycles. The van der Waals surface area contributed by atoms with Gasteiger partial charge in [0.1, 0.15) is 12.4 Å². The monoisotopic (exact) mass is 283 g/mol. The first-order chi connectivity index (χ1) is 9.19. The van der Waals surface area contributed by atoms with Gasteiger partial charge in [-0.2, -0.15) is 0 Å². The fourth-order valence-electron chi connectivity index (χ4n) is 1.52. The van der Waals surface area contributed by atoms with E-state index in [4.69, 9.17) is 21.1 Å². The quantitative estimate of drug-likeness (QED) is 0.556. The minimum Gasteiger partial charge on any atom is -0.489 e. The summed E-state index contributed by atoms with van der Waals surface area (Å²) >= 11 is 6.22. The second kappa shape index (κ2) is 8.97. The summed E-state index contributed by atoms with van der Waals surface area (Å²) in [4.78, 5) is 0. The summed E-state index contributed by atoms with van der Waals surface area (Å²) in [5.41, 5.74) is 2.04. The van der Waals surface area contributed by atoms with E-state index in [1.807, 2.05) is 18.2 Å². The van der Waals surface area contributed by atoms with Crippen LogP contribution in [0.3, 0.4) is 0 Å². The van der Waals surface area contributed by atoms with Gasteiger partial charge >= 0.3 is 0 Å². The maximum absolute atomic E-state index is 6.22. The van der Waals surface area contributed by atoms with E-state index in [9.17, 15) is 0 Å². The minimum absolute atomic E-state index is 0.530. The molecule has 0 atom stereocenters. The zero-order valence-electron chi connectivity index (χ0n) is 11.7. The molecule has 19 heavy (non-hydrogen) atoms. The van der Waals surface area contributed by atoms with Crippen molar-refractivity contribution in [2.24, 2.45) is 0 Å². The van der Waals surface area contributed by atoms with E-state index < -0.39 is 0 Å². The average molecular weight is 284 g/mol. The molecule has 0 unspecified atom stereocenters. The van der Waals surface area contributed by atoms with Gasteiger partial charge in [-0.3, -0.25) is 0 Å². The molecular weight excluding hydrogens is 262 g/mol. The van der Waals surface area contributed by atoms with Gasteiger partial charge in [-0.25, -0.2) is 0 Å². The number of hydrogen-bond donors (Lipinski definition) is 1. The Morgan fingerprint density at radius 3 is 2.89 bits per heavy atom. The highest BCUT2D eigenvalue weighted by Crippen LogP contribution is 2.26. The molecule has 0 radical (unpaired) electrons. The lowest BCUT2D eigenvalue weighted by Crippen LogP contribution is -2.19. The van der Waals surface area contributed by atoms with Crippen LogP contribution in [-0.2, 0) is 11.3 Å². The van der Waals surface area contributed by atoms with Crippen LogP contribution in [-0.4, -0.2) is 26.9 Å². The minimum atomic E-state index is 0.530. The number of rotatable bonds is 9. The van der Waals surface area contributed by atoms with Crippen molar-refractivity contribution in [1.82, 2.24) is 5.32 Å². The van der Waals surface area contributed by atoms with Crippen LogP contribution in [0.15, 0.2) is 30.4 Å². The third kappa shape index (κ3) is 5.64. The second-order valence-electron chi connectivity index (χ2n) is 4.28. The van der Waals surface area contributed by atoms with Crippen molar-refractivity contribution in [3.8, 4) is 5.75 Å². The standard InChI is InChI=1S/C15H22ClNO2/c1-4-12(2)11-19-15-7-5-6-14(16)13(15)10-17-8-9-18-3/h5-7,17H,2,4,8-11H2,1,3H3. The Labute approximate surface area is 120 Å². The van der Waals surface area contributed by atoms with Crippen molar-refractivity contribution < 1.29 is 9.47 Å². The maximum atomic E-state index is 6.22. The van der Waals surface area contributed by atoms with E-state index in [1.165, 1.54) is 0 Å². The smallest absolute Gasteiger partial charge is 0.125 e. The summed E-state index contributed by atoms with van der Waals surface area (Å²) in [6, 6.07) is 5.70. The molecule has 0 bridgehead atoms. The molecule has 0 aliphatic rings. The van der Waals surface area contributed by atoms with Crippen LogP contribution in [0.1, 0.15) is 18.9 Å². The Kier molecular flexibility index (Phi) is 7.56. The topological polar surface area (TPSA) is 30.5 Å². The number of halogens is 1. The van der Waals surface area contributed by atoms with E-state index in [0.29, 0.717) is 24.8 Å². The highest BCUT2D eigenvalue weighted by molar-refractivity contribution is 6.31. The molecule has 0 aliphatic carbocycles. The molecule has 0 saturated carbocycles. The van der Waals surface area contributed by atoms with Crippen LogP contribution in [0.2, 0.25) is 5.02 Å². The molecule has 0 spiro atoms. The second-order valence-corrected chi connectivity index (χ2v) is 4.69. The van der Waals surface area contributed by atoms with Crippen molar-refractivity contribution >= 4 is 11.6 Å². The molecule has 3 nitrogen and oxygen atoms in total. The Bertz CT molecular complexity index is 407.